The van der Waals surface area contributed by atoms with Gasteiger partial charge in [0.25, 0.3) is 5.91 Å². The van der Waals surface area contributed by atoms with E-state index in [0.717, 1.165) is 0 Å². The Morgan fingerprint density at radius 1 is 1.19 bits per heavy atom. The lowest BCUT2D eigenvalue weighted by molar-refractivity contribution is 0.0696. The molecule has 21 heavy (non-hydrogen) atoms. The van der Waals surface area contributed by atoms with Crippen LogP contribution in [0.15, 0.2) is 36.4 Å². The van der Waals surface area contributed by atoms with Gasteiger partial charge in [-0.3, -0.25) is 4.79 Å². The van der Waals surface area contributed by atoms with Crippen LogP contribution in [0.4, 0.5) is 10.1 Å². The van der Waals surface area contributed by atoms with Crippen molar-refractivity contribution >= 4 is 29.2 Å². The van der Waals surface area contributed by atoms with Gasteiger partial charge in [0.15, 0.2) is 0 Å². The number of carbonyl (C=O) groups is 2. The summed E-state index contributed by atoms with van der Waals surface area (Å²) >= 11 is 5.93. The van der Waals surface area contributed by atoms with E-state index in [4.69, 9.17) is 16.7 Å². The van der Waals surface area contributed by atoms with E-state index >= 15 is 0 Å². The molecule has 0 aliphatic carbocycles. The molecule has 0 aliphatic rings. The smallest absolute Gasteiger partial charge is 0.335 e. The molecule has 0 spiro atoms. The summed E-state index contributed by atoms with van der Waals surface area (Å²) in [7, 11) is 0. The Bertz CT molecular complexity index is 731. The number of nitrogens with one attached hydrogen (secondary N) is 1. The van der Waals surface area contributed by atoms with Gasteiger partial charge in [0, 0.05) is 5.56 Å². The number of aryl methyl sites for hydroxylation is 1. The lowest BCUT2D eigenvalue weighted by Crippen LogP contribution is -2.14. The van der Waals surface area contributed by atoms with E-state index in [9.17, 15) is 14.0 Å². The van der Waals surface area contributed by atoms with Crippen molar-refractivity contribution < 1.29 is 19.1 Å². The van der Waals surface area contributed by atoms with Gasteiger partial charge in [-0.25, -0.2) is 9.18 Å². The van der Waals surface area contributed by atoms with Crippen LogP contribution in [0.5, 0.6) is 0 Å². The second-order valence-electron chi connectivity index (χ2n) is 4.41. The predicted octanol–water partition coefficient (Wildman–Crippen LogP) is 3.74. The van der Waals surface area contributed by atoms with Gasteiger partial charge in [-0.15, -0.1) is 0 Å². The summed E-state index contributed by atoms with van der Waals surface area (Å²) < 4.78 is 13.0. The summed E-state index contributed by atoms with van der Waals surface area (Å²) in [4.78, 5) is 23.1. The van der Waals surface area contributed by atoms with Gasteiger partial charge in [-0.05, 0) is 48.9 Å². The zero-order valence-electron chi connectivity index (χ0n) is 11.0. The van der Waals surface area contributed by atoms with Crippen LogP contribution in [0.1, 0.15) is 26.3 Å². The molecule has 0 saturated heterocycles. The number of rotatable bonds is 3. The number of benzene rings is 2. The van der Waals surface area contributed by atoms with Gasteiger partial charge < -0.3 is 10.4 Å². The summed E-state index contributed by atoms with van der Waals surface area (Å²) in [5.74, 6) is -2.05. The minimum Gasteiger partial charge on any atom is -0.478 e. The minimum absolute atomic E-state index is 0.00512. The fraction of sp³-hybridized carbons (Fsp3) is 0.0667. The highest BCUT2D eigenvalue weighted by molar-refractivity contribution is 6.34. The number of anilines is 1. The van der Waals surface area contributed by atoms with E-state index in [1.54, 1.807) is 6.92 Å². The standard InChI is InChI=1S/C15H11ClFNO3/c1-8-6-10(17)3-4-11(8)14(19)18-13-7-9(15(20)21)2-5-12(13)16/h2-7H,1H3,(H,18,19)(H,20,21). The molecule has 0 unspecified atom stereocenters. The van der Waals surface area contributed by atoms with Gasteiger partial charge in [0.05, 0.1) is 16.3 Å². The summed E-state index contributed by atoms with van der Waals surface area (Å²) in [6.07, 6.45) is 0. The normalized spacial score (nSPS) is 10.2. The highest BCUT2D eigenvalue weighted by Crippen LogP contribution is 2.24. The molecule has 4 nitrogen and oxygen atoms in total. The van der Waals surface area contributed by atoms with Crippen LogP contribution < -0.4 is 5.32 Å². The number of carboxylic acids is 1. The van der Waals surface area contributed by atoms with E-state index in [1.807, 2.05) is 0 Å². The quantitative estimate of drug-likeness (QED) is 0.907. The number of carboxylic acid groups (broad SMARTS) is 1. The highest BCUT2D eigenvalue weighted by Gasteiger charge is 2.13. The molecule has 0 aromatic heterocycles. The monoisotopic (exact) mass is 307 g/mol. The summed E-state index contributed by atoms with van der Waals surface area (Å²) in [5, 5.41) is 11.7. The molecule has 2 aromatic carbocycles. The van der Waals surface area contributed by atoms with Gasteiger partial charge in [-0.2, -0.15) is 0 Å². The molecule has 0 aliphatic heterocycles. The molecule has 0 radical (unpaired) electrons. The Hall–Kier alpha value is -2.40. The van der Waals surface area contributed by atoms with Crippen molar-refractivity contribution in [2.45, 2.75) is 6.92 Å². The summed E-state index contributed by atoms with van der Waals surface area (Å²) in [6, 6.07) is 7.76. The Morgan fingerprint density at radius 2 is 1.90 bits per heavy atom. The van der Waals surface area contributed by atoms with Gasteiger partial charge in [-0.1, -0.05) is 11.6 Å². The summed E-state index contributed by atoms with van der Waals surface area (Å²) in [6.45, 7) is 1.60. The highest BCUT2D eigenvalue weighted by atomic mass is 35.5. The third-order valence-electron chi connectivity index (χ3n) is 2.89. The van der Waals surface area contributed by atoms with Crippen LogP contribution in [0.3, 0.4) is 0 Å². The molecule has 2 N–H and O–H groups in total. The molecule has 0 atom stereocenters. The van der Waals surface area contributed by atoms with Crippen LogP contribution in [-0.2, 0) is 0 Å². The lowest BCUT2D eigenvalue weighted by Gasteiger charge is -2.10. The van der Waals surface area contributed by atoms with Crippen molar-refractivity contribution in [3.05, 3.63) is 63.9 Å². The largest absolute Gasteiger partial charge is 0.478 e. The molecular formula is C15H11ClFNO3. The SMILES string of the molecule is Cc1cc(F)ccc1C(=O)Nc1cc(C(=O)O)ccc1Cl. The van der Waals surface area contributed by atoms with Gasteiger partial charge in [0.1, 0.15) is 5.82 Å². The van der Waals surface area contributed by atoms with Crippen molar-refractivity contribution in [1.82, 2.24) is 0 Å². The zero-order valence-corrected chi connectivity index (χ0v) is 11.7. The first-order chi connectivity index (χ1) is 9.88. The zero-order chi connectivity index (χ0) is 15.6. The molecule has 0 fully saturated rings. The molecule has 0 heterocycles. The topological polar surface area (TPSA) is 66.4 Å². The van der Waals surface area contributed by atoms with Crippen LogP contribution in [0.25, 0.3) is 0 Å². The number of hydrogen-bond acceptors (Lipinski definition) is 2. The fourth-order valence-electron chi connectivity index (χ4n) is 1.83. The van der Waals surface area contributed by atoms with E-state index < -0.39 is 17.7 Å². The number of halogens is 2. The maximum Gasteiger partial charge on any atom is 0.335 e. The van der Waals surface area contributed by atoms with Crippen molar-refractivity contribution in [3.63, 3.8) is 0 Å². The average Bonchev–Trinajstić information content (AvgIpc) is 2.40. The Balaban J connectivity index is 2.31. The first kappa shape index (κ1) is 15.0. The predicted molar refractivity (Wildman–Crippen MR) is 77.5 cm³/mol. The second kappa shape index (κ2) is 5.93. The molecular weight excluding hydrogens is 297 g/mol. The Morgan fingerprint density at radius 3 is 2.52 bits per heavy atom. The fourth-order valence-corrected chi connectivity index (χ4v) is 1.99. The first-order valence-electron chi connectivity index (χ1n) is 5.99. The number of hydrogen-bond donors (Lipinski definition) is 2. The van der Waals surface area contributed by atoms with Crippen molar-refractivity contribution in [3.8, 4) is 0 Å². The van der Waals surface area contributed by atoms with Crippen molar-refractivity contribution in [1.29, 1.82) is 0 Å². The molecule has 1 amide bonds. The van der Waals surface area contributed by atoms with E-state index in [1.165, 1.54) is 36.4 Å². The lowest BCUT2D eigenvalue weighted by atomic mass is 10.1. The van der Waals surface area contributed by atoms with Crippen molar-refractivity contribution in [2.75, 3.05) is 5.32 Å². The average molecular weight is 308 g/mol. The number of aromatic carboxylic acids is 1. The third kappa shape index (κ3) is 3.38. The van der Waals surface area contributed by atoms with Crippen LogP contribution in [-0.4, -0.2) is 17.0 Å². The molecule has 2 rings (SSSR count). The van der Waals surface area contributed by atoms with Gasteiger partial charge >= 0.3 is 5.97 Å². The maximum absolute atomic E-state index is 13.0. The van der Waals surface area contributed by atoms with Crippen LogP contribution in [0, 0.1) is 12.7 Å². The first-order valence-corrected chi connectivity index (χ1v) is 6.36. The molecule has 6 heteroatoms. The molecule has 2 aromatic rings. The minimum atomic E-state index is -1.12. The van der Waals surface area contributed by atoms with Crippen LogP contribution >= 0.6 is 11.6 Å². The molecule has 0 saturated carbocycles. The van der Waals surface area contributed by atoms with Gasteiger partial charge in [0.2, 0.25) is 0 Å². The molecule has 108 valence electrons. The second-order valence-corrected chi connectivity index (χ2v) is 4.82. The van der Waals surface area contributed by atoms with E-state index in [-0.39, 0.29) is 21.8 Å². The Labute approximate surface area is 125 Å². The number of amides is 1. The van der Waals surface area contributed by atoms with Crippen LogP contribution in [0.2, 0.25) is 5.02 Å². The maximum atomic E-state index is 13.0. The third-order valence-corrected chi connectivity index (χ3v) is 3.22. The Kier molecular flexibility index (Phi) is 4.23. The van der Waals surface area contributed by atoms with E-state index in [2.05, 4.69) is 5.32 Å². The number of carbonyl (C=O) groups excluding carboxylic acids is 1. The van der Waals surface area contributed by atoms with E-state index in [0.29, 0.717) is 5.56 Å². The molecule has 0 bridgehead atoms. The van der Waals surface area contributed by atoms with Crippen molar-refractivity contribution in [2.24, 2.45) is 0 Å². The summed E-state index contributed by atoms with van der Waals surface area (Å²) in [5.41, 5.74) is 0.946.